The predicted octanol–water partition coefficient (Wildman–Crippen LogP) is 0.624. The molecule has 2 aromatic heterocycles. The zero-order valence-corrected chi connectivity index (χ0v) is 9.38. The molecule has 0 saturated heterocycles. The second kappa shape index (κ2) is 3.74. The normalized spacial score (nSPS) is 11.6. The van der Waals surface area contributed by atoms with Crippen molar-refractivity contribution >= 4 is 16.8 Å². The van der Waals surface area contributed by atoms with E-state index in [4.69, 9.17) is 4.74 Å². The molecular formula is C11H12N4O2. The number of H-pyrrole nitrogens is 1. The molecule has 88 valence electrons. The third-order valence-electron chi connectivity index (χ3n) is 2.83. The summed E-state index contributed by atoms with van der Waals surface area (Å²) in [5.74, 6) is 0.619. The number of aromatic amines is 1. The molecule has 3 rings (SSSR count). The Balaban J connectivity index is 2.38. The highest BCUT2D eigenvalue weighted by Crippen LogP contribution is 2.17. The van der Waals surface area contributed by atoms with Crippen molar-refractivity contribution in [1.29, 1.82) is 0 Å². The summed E-state index contributed by atoms with van der Waals surface area (Å²) in [4.78, 5) is 11.7. The molecule has 1 N–H and O–H groups in total. The summed E-state index contributed by atoms with van der Waals surface area (Å²) in [7, 11) is 1.65. The maximum atomic E-state index is 11.7. The summed E-state index contributed by atoms with van der Waals surface area (Å²) < 4.78 is 8.62. The van der Waals surface area contributed by atoms with E-state index >= 15 is 0 Å². The van der Waals surface area contributed by atoms with Gasteiger partial charge < -0.3 is 9.30 Å². The van der Waals surface area contributed by atoms with Gasteiger partial charge in [-0.05, 0) is 12.1 Å². The molecule has 0 saturated carbocycles. The first-order valence-electron chi connectivity index (χ1n) is 5.36. The third-order valence-corrected chi connectivity index (χ3v) is 2.83. The van der Waals surface area contributed by atoms with Crippen LogP contribution in [-0.4, -0.2) is 32.9 Å². The van der Waals surface area contributed by atoms with E-state index in [0.717, 1.165) is 11.0 Å². The van der Waals surface area contributed by atoms with E-state index < -0.39 is 0 Å². The Morgan fingerprint density at radius 3 is 2.88 bits per heavy atom. The Labute approximate surface area is 96.4 Å². The van der Waals surface area contributed by atoms with Gasteiger partial charge in [-0.1, -0.05) is 12.1 Å². The molecule has 0 radical (unpaired) electrons. The van der Waals surface area contributed by atoms with Gasteiger partial charge >= 0.3 is 5.69 Å². The fraction of sp³-hybridized carbons (Fsp3) is 0.273. The van der Waals surface area contributed by atoms with Crippen LogP contribution in [0.4, 0.5) is 0 Å². The Hall–Kier alpha value is -2.08. The van der Waals surface area contributed by atoms with Crippen molar-refractivity contribution < 1.29 is 4.74 Å². The summed E-state index contributed by atoms with van der Waals surface area (Å²) in [6, 6.07) is 7.73. The molecule has 0 aliphatic rings. The molecule has 0 amide bonds. The minimum Gasteiger partial charge on any atom is -0.383 e. The molecule has 0 fully saturated rings. The fourth-order valence-corrected chi connectivity index (χ4v) is 2.08. The van der Waals surface area contributed by atoms with Gasteiger partial charge in [0, 0.05) is 13.7 Å². The number of rotatable bonds is 3. The lowest BCUT2D eigenvalue weighted by Gasteiger charge is -2.02. The zero-order valence-electron chi connectivity index (χ0n) is 9.38. The number of nitrogens with one attached hydrogen (secondary N) is 1. The van der Waals surface area contributed by atoms with Gasteiger partial charge in [0.1, 0.15) is 0 Å². The van der Waals surface area contributed by atoms with Gasteiger partial charge in [-0.2, -0.15) is 0 Å². The van der Waals surface area contributed by atoms with E-state index in [1.165, 1.54) is 0 Å². The summed E-state index contributed by atoms with van der Waals surface area (Å²) in [6.07, 6.45) is 0. The van der Waals surface area contributed by atoms with Crippen LogP contribution in [0.25, 0.3) is 16.8 Å². The third kappa shape index (κ3) is 1.38. The second-order valence-electron chi connectivity index (χ2n) is 3.80. The SMILES string of the molecule is COCCn1c2ccccc2n2c(=O)[nH]nc12. The van der Waals surface area contributed by atoms with Crippen LogP contribution in [0.1, 0.15) is 0 Å². The van der Waals surface area contributed by atoms with Crippen molar-refractivity contribution in [1.82, 2.24) is 19.2 Å². The number of imidazole rings is 1. The average molecular weight is 232 g/mol. The molecule has 0 unspecified atom stereocenters. The number of para-hydroxylation sites is 2. The fourth-order valence-electron chi connectivity index (χ4n) is 2.08. The van der Waals surface area contributed by atoms with Gasteiger partial charge in [0.25, 0.3) is 0 Å². The topological polar surface area (TPSA) is 64.3 Å². The molecule has 0 atom stereocenters. The number of hydrogen-bond donors (Lipinski definition) is 1. The van der Waals surface area contributed by atoms with Gasteiger partial charge in [-0.15, -0.1) is 5.10 Å². The minimum absolute atomic E-state index is 0.215. The Morgan fingerprint density at radius 1 is 1.35 bits per heavy atom. The standard InChI is InChI=1S/C11H12N4O2/c1-17-7-6-14-8-4-2-3-5-9(8)15-10(14)12-13-11(15)16/h2-5H,6-7H2,1H3,(H,13,16). The van der Waals surface area contributed by atoms with Gasteiger partial charge in [-0.3, -0.25) is 0 Å². The molecule has 6 nitrogen and oxygen atoms in total. The van der Waals surface area contributed by atoms with Crippen LogP contribution in [0.3, 0.4) is 0 Å². The Bertz CT molecular complexity index is 722. The molecule has 17 heavy (non-hydrogen) atoms. The predicted molar refractivity (Wildman–Crippen MR) is 63.2 cm³/mol. The summed E-state index contributed by atoms with van der Waals surface area (Å²) in [6.45, 7) is 1.24. The van der Waals surface area contributed by atoms with Gasteiger partial charge in [0.05, 0.1) is 17.6 Å². The second-order valence-corrected chi connectivity index (χ2v) is 3.80. The number of aromatic nitrogens is 4. The van der Waals surface area contributed by atoms with Crippen LogP contribution < -0.4 is 5.69 Å². The molecule has 0 aliphatic carbocycles. The Kier molecular flexibility index (Phi) is 2.22. The van der Waals surface area contributed by atoms with Gasteiger partial charge in [0.15, 0.2) is 0 Å². The number of fused-ring (bicyclic) bond motifs is 3. The van der Waals surface area contributed by atoms with Crippen molar-refractivity contribution in [2.24, 2.45) is 0 Å². The van der Waals surface area contributed by atoms with Gasteiger partial charge in [0.2, 0.25) is 5.78 Å². The zero-order chi connectivity index (χ0) is 11.8. The molecular weight excluding hydrogens is 220 g/mol. The van der Waals surface area contributed by atoms with E-state index in [9.17, 15) is 4.79 Å². The number of hydrogen-bond acceptors (Lipinski definition) is 3. The average Bonchev–Trinajstić information content (AvgIpc) is 2.86. The summed E-state index contributed by atoms with van der Waals surface area (Å²) in [5, 5.41) is 6.50. The highest BCUT2D eigenvalue weighted by atomic mass is 16.5. The van der Waals surface area contributed by atoms with Crippen molar-refractivity contribution in [3.8, 4) is 0 Å². The van der Waals surface area contributed by atoms with Crippen LogP contribution in [0.5, 0.6) is 0 Å². The highest BCUT2D eigenvalue weighted by Gasteiger charge is 2.13. The lowest BCUT2D eigenvalue weighted by atomic mass is 10.3. The highest BCUT2D eigenvalue weighted by molar-refractivity contribution is 5.80. The molecule has 3 aromatic rings. The maximum Gasteiger partial charge on any atom is 0.349 e. The monoisotopic (exact) mass is 232 g/mol. The van der Waals surface area contributed by atoms with Crippen molar-refractivity contribution in [2.75, 3.05) is 13.7 Å². The van der Waals surface area contributed by atoms with Crippen LogP contribution in [0.2, 0.25) is 0 Å². The molecule has 1 aromatic carbocycles. The van der Waals surface area contributed by atoms with E-state index in [2.05, 4.69) is 10.2 Å². The van der Waals surface area contributed by atoms with Crippen molar-refractivity contribution in [3.63, 3.8) is 0 Å². The number of benzene rings is 1. The van der Waals surface area contributed by atoms with E-state index in [1.807, 2.05) is 28.8 Å². The lowest BCUT2D eigenvalue weighted by Crippen LogP contribution is -2.08. The van der Waals surface area contributed by atoms with Gasteiger partial charge in [-0.25, -0.2) is 14.3 Å². The molecule has 6 heteroatoms. The molecule has 0 aliphatic heterocycles. The first kappa shape index (κ1) is 10.1. The van der Waals surface area contributed by atoms with Crippen LogP contribution in [0.15, 0.2) is 29.1 Å². The quantitative estimate of drug-likeness (QED) is 0.720. The number of ether oxygens (including phenoxy) is 1. The molecule has 0 spiro atoms. The van der Waals surface area contributed by atoms with E-state index in [1.54, 1.807) is 11.5 Å². The summed E-state index contributed by atoms with van der Waals surface area (Å²) in [5.41, 5.74) is 1.63. The largest absolute Gasteiger partial charge is 0.383 e. The molecule has 2 heterocycles. The minimum atomic E-state index is -0.215. The van der Waals surface area contributed by atoms with E-state index in [0.29, 0.717) is 18.9 Å². The first-order chi connectivity index (χ1) is 8.33. The number of nitrogens with zero attached hydrogens (tertiary/aromatic N) is 3. The van der Waals surface area contributed by atoms with Crippen molar-refractivity contribution in [2.45, 2.75) is 6.54 Å². The first-order valence-corrected chi connectivity index (χ1v) is 5.36. The maximum absolute atomic E-state index is 11.7. The van der Waals surface area contributed by atoms with Crippen LogP contribution in [0, 0.1) is 0 Å². The van der Waals surface area contributed by atoms with Crippen LogP contribution >= 0.6 is 0 Å². The van der Waals surface area contributed by atoms with Crippen molar-refractivity contribution in [3.05, 3.63) is 34.7 Å². The summed E-state index contributed by atoms with van der Waals surface area (Å²) >= 11 is 0. The smallest absolute Gasteiger partial charge is 0.349 e. The Morgan fingerprint density at radius 2 is 2.12 bits per heavy atom. The lowest BCUT2D eigenvalue weighted by molar-refractivity contribution is 0.189. The molecule has 0 bridgehead atoms. The number of methoxy groups -OCH3 is 1. The van der Waals surface area contributed by atoms with E-state index in [-0.39, 0.29) is 5.69 Å². The van der Waals surface area contributed by atoms with Crippen LogP contribution in [-0.2, 0) is 11.3 Å².